The van der Waals surface area contributed by atoms with Crippen LogP contribution in [0.3, 0.4) is 0 Å². The van der Waals surface area contributed by atoms with Crippen molar-refractivity contribution in [2.75, 3.05) is 6.61 Å². The van der Waals surface area contributed by atoms with Crippen LogP contribution in [0.15, 0.2) is 36.7 Å². The highest BCUT2D eigenvalue weighted by molar-refractivity contribution is 5.97. The van der Waals surface area contributed by atoms with Crippen molar-refractivity contribution in [2.24, 2.45) is 5.92 Å². The highest BCUT2D eigenvalue weighted by Gasteiger charge is 2.32. The van der Waals surface area contributed by atoms with Crippen molar-refractivity contribution in [2.45, 2.75) is 57.9 Å². The number of carbonyl (C=O) groups excluding carboxylic acids is 1. The highest BCUT2D eigenvalue weighted by Crippen LogP contribution is 2.30. The minimum Gasteiger partial charge on any atom is -0.490 e. The number of halogens is 3. The van der Waals surface area contributed by atoms with Crippen LogP contribution < -0.4 is 10.1 Å². The Morgan fingerprint density at radius 2 is 1.91 bits per heavy atom. The third-order valence-electron chi connectivity index (χ3n) is 5.90. The van der Waals surface area contributed by atoms with Gasteiger partial charge in [0.1, 0.15) is 22.8 Å². The Balaban J connectivity index is 1.65. The molecule has 0 spiro atoms. The van der Waals surface area contributed by atoms with Crippen LogP contribution in [0.4, 0.5) is 13.2 Å². The van der Waals surface area contributed by atoms with E-state index >= 15 is 0 Å². The summed E-state index contributed by atoms with van der Waals surface area (Å²) in [5, 5.41) is 12.4. The maximum absolute atomic E-state index is 13.1. The molecule has 1 amide bonds. The Bertz CT molecular complexity index is 1170. The molecule has 182 valence electrons. The Morgan fingerprint density at radius 3 is 2.56 bits per heavy atom. The summed E-state index contributed by atoms with van der Waals surface area (Å²) in [6.07, 6.45) is 1.64. The van der Waals surface area contributed by atoms with E-state index in [2.05, 4.69) is 15.3 Å². The molecule has 3 aromatic rings. The molecule has 10 heteroatoms. The standard InChI is InChI=1S/C24H27F3N4O3/c1-14(2)34-20-10-22-30-19(18-4-3-5-21(29-18)24(25,26)27)12-31(22)11-17(20)23(33)28-16-8-6-15(13-32)7-9-16/h3-5,10-12,14-16,32H,6-9,13H2,1-2H3,(H,28,33). The van der Waals surface area contributed by atoms with Gasteiger partial charge in [0, 0.05) is 31.1 Å². The zero-order chi connectivity index (χ0) is 24.5. The number of nitrogens with zero attached hydrogens (tertiary/aromatic N) is 3. The van der Waals surface area contributed by atoms with Gasteiger partial charge in [-0.25, -0.2) is 9.97 Å². The van der Waals surface area contributed by atoms with Gasteiger partial charge in [-0.1, -0.05) is 6.07 Å². The van der Waals surface area contributed by atoms with E-state index in [1.807, 2.05) is 13.8 Å². The molecule has 3 heterocycles. The Morgan fingerprint density at radius 1 is 1.18 bits per heavy atom. The summed E-state index contributed by atoms with van der Waals surface area (Å²) in [4.78, 5) is 21.2. The van der Waals surface area contributed by atoms with Crippen LogP contribution in [0.25, 0.3) is 17.0 Å². The minimum atomic E-state index is -4.56. The second kappa shape index (κ2) is 9.61. The lowest BCUT2D eigenvalue weighted by molar-refractivity contribution is -0.141. The van der Waals surface area contributed by atoms with E-state index in [0.29, 0.717) is 17.0 Å². The smallest absolute Gasteiger partial charge is 0.433 e. The fourth-order valence-corrected chi connectivity index (χ4v) is 4.15. The first-order valence-electron chi connectivity index (χ1n) is 11.3. The van der Waals surface area contributed by atoms with Crippen molar-refractivity contribution in [3.05, 3.63) is 47.9 Å². The average molecular weight is 476 g/mol. The largest absolute Gasteiger partial charge is 0.490 e. The summed E-state index contributed by atoms with van der Waals surface area (Å²) >= 11 is 0. The van der Waals surface area contributed by atoms with Crippen molar-refractivity contribution in [3.63, 3.8) is 0 Å². The molecule has 0 unspecified atom stereocenters. The molecule has 1 fully saturated rings. The van der Waals surface area contributed by atoms with Crippen LogP contribution in [0.1, 0.15) is 55.6 Å². The first kappa shape index (κ1) is 24.0. The second-order valence-corrected chi connectivity index (χ2v) is 8.89. The topological polar surface area (TPSA) is 88.8 Å². The third-order valence-corrected chi connectivity index (χ3v) is 5.90. The number of pyridine rings is 2. The molecule has 0 saturated heterocycles. The lowest BCUT2D eigenvalue weighted by atomic mass is 9.86. The van der Waals surface area contributed by atoms with E-state index in [9.17, 15) is 23.1 Å². The molecule has 34 heavy (non-hydrogen) atoms. The molecule has 1 aliphatic rings. The SMILES string of the molecule is CC(C)Oc1cc2nc(-c3cccc(C(F)(F)F)n3)cn2cc1C(=O)NC1CCC(CO)CC1. The number of hydrogen-bond acceptors (Lipinski definition) is 5. The van der Waals surface area contributed by atoms with E-state index in [1.165, 1.54) is 12.1 Å². The number of carbonyl (C=O) groups is 1. The van der Waals surface area contributed by atoms with Crippen molar-refractivity contribution in [3.8, 4) is 17.1 Å². The van der Waals surface area contributed by atoms with E-state index in [4.69, 9.17) is 4.74 Å². The van der Waals surface area contributed by atoms with Gasteiger partial charge in [-0.3, -0.25) is 4.79 Å². The summed E-state index contributed by atoms with van der Waals surface area (Å²) in [7, 11) is 0. The quantitative estimate of drug-likeness (QED) is 0.548. The van der Waals surface area contributed by atoms with Gasteiger partial charge in [-0.05, 0) is 57.6 Å². The number of aliphatic hydroxyl groups excluding tert-OH is 1. The molecular weight excluding hydrogens is 449 g/mol. The fourth-order valence-electron chi connectivity index (χ4n) is 4.15. The van der Waals surface area contributed by atoms with Gasteiger partial charge in [0.2, 0.25) is 0 Å². The van der Waals surface area contributed by atoms with Crippen molar-refractivity contribution >= 4 is 11.6 Å². The van der Waals surface area contributed by atoms with E-state index in [0.717, 1.165) is 31.7 Å². The number of imidazole rings is 1. The number of aromatic nitrogens is 3. The number of rotatable bonds is 6. The summed E-state index contributed by atoms with van der Waals surface area (Å²) in [6, 6.07) is 5.26. The van der Waals surface area contributed by atoms with E-state index in [-0.39, 0.29) is 42.0 Å². The molecule has 4 rings (SSSR count). The summed E-state index contributed by atoms with van der Waals surface area (Å²) < 4.78 is 46.7. The fraction of sp³-hybridized carbons (Fsp3) is 0.458. The van der Waals surface area contributed by atoms with Gasteiger partial charge in [0.05, 0.1) is 17.4 Å². The van der Waals surface area contributed by atoms with Gasteiger partial charge in [0.15, 0.2) is 0 Å². The maximum Gasteiger partial charge on any atom is 0.433 e. The first-order chi connectivity index (χ1) is 16.1. The third kappa shape index (κ3) is 5.32. The van der Waals surface area contributed by atoms with Gasteiger partial charge in [0.25, 0.3) is 5.91 Å². The lowest BCUT2D eigenvalue weighted by Crippen LogP contribution is -2.38. The van der Waals surface area contributed by atoms with Crippen molar-refractivity contribution < 1.29 is 27.8 Å². The number of alkyl halides is 3. The second-order valence-electron chi connectivity index (χ2n) is 8.89. The van der Waals surface area contributed by atoms with Gasteiger partial charge in [-0.15, -0.1) is 0 Å². The minimum absolute atomic E-state index is 0.00514. The summed E-state index contributed by atoms with van der Waals surface area (Å²) in [6.45, 7) is 3.84. The number of aliphatic hydroxyl groups is 1. The van der Waals surface area contributed by atoms with Crippen LogP contribution in [-0.4, -0.2) is 44.1 Å². The predicted molar refractivity (Wildman–Crippen MR) is 119 cm³/mol. The molecule has 0 bridgehead atoms. The van der Waals surface area contributed by atoms with E-state index in [1.54, 1.807) is 22.9 Å². The zero-order valence-corrected chi connectivity index (χ0v) is 19.0. The molecular formula is C24H27F3N4O3. The average Bonchev–Trinajstić information content (AvgIpc) is 3.21. The Kier molecular flexibility index (Phi) is 6.79. The molecule has 0 atom stereocenters. The molecule has 1 saturated carbocycles. The maximum atomic E-state index is 13.1. The van der Waals surface area contributed by atoms with Crippen LogP contribution in [0.5, 0.6) is 5.75 Å². The Labute approximate surface area is 195 Å². The molecule has 1 aliphatic carbocycles. The number of ether oxygens (including phenoxy) is 1. The predicted octanol–water partition coefficient (Wildman–Crippen LogP) is 4.48. The number of nitrogens with one attached hydrogen (secondary N) is 1. The van der Waals surface area contributed by atoms with Crippen molar-refractivity contribution in [1.82, 2.24) is 19.7 Å². The molecule has 7 nitrogen and oxygen atoms in total. The Hall–Kier alpha value is -3.14. The monoisotopic (exact) mass is 476 g/mol. The van der Waals surface area contributed by atoms with Crippen molar-refractivity contribution in [1.29, 1.82) is 0 Å². The van der Waals surface area contributed by atoms with Crippen LogP contribution in [-0.2, 0) is 6.18 Å². The highest BCUT2D eigenvalue weighted by atomic mass is 19.4. The zero-order valence-electron chi connectivity index (χ0n) is 19.0. The molecule has 0 aliphatic heterocycles. The lowest BCUT2D eigenvalue weighted by Gasteiger charge is -2.28. The number of fused-ring (bicyclic) bond motifs is 1. The van der Waals surface area contributed by atoms with Crippen LogP contribution in [0.2, 0.25) is 0 Å². The van der Waals surface area contributed by atoms with Crippen LogP contribution >= 0.6 is 0 Å². The van der Waals surface area contributed by atoms with Gasteiger partial charge >= 0.3 is 6.18 Å². The van der Waals surface area contributed by atoms with Crippen LogP contribution in [0, 0.1) is 5.92 Å². The molecule has 0 aromatic carbocycles. The first-order valence-corrected chi connectivity index (χ1v) is 11.3. The number of hydrogen-bond donors (Lipinski definition) is 2. The van der Waals surface area contributed by atoms with Gasteiger partial charge in [-0.2, -0.15) is 13.2 Å². The summed E-state index contributed by atoms with van der Waals surface area (Å²) in [5.74, 6) is 0.328. The molecule has 0 radical (unpaired) electrons. The molecule has 2 N–H and O–H groups in total. The molecule has 3 aromatic heterocycles. The summed E-state index contributed by atoms with van der Waals surface area (Å²) in [5.41, 5.74) is 0.0659. The normalized spacial score (nSPS) is 18.9. The number of amides is 1. The van der Waals surface area contributed by atoms with E-state index < -0.39 is 11.9 Å². The van der Waals surface area contributed by atoms with Gasteiger partial charge < -0.3 is 19.6 Å².